The highest BCUT2D eigenvalue weighted by atomic mass is 19.1. The molecule has 2 fully saturated rings. The number of hydrogen-bond acceptors (Lipinski definition) is 10. The van der Waals surface area contributed by atoms with Crippen LogP contribution in [-0.4, -0.2) is 83.9 Å². The molecule has 2 aliphatic heterocycles. The Kier molecular flexibility index (Phi) is 27.9. The molecule has 4 aliphatic rings. The minimum Gasteiger partial charge on any atom is -0.459 e. The highest BCUT2D eigenvalue weighted by Gasteiger charge is 2.65. The van der Waals surface area contributed by atoms with Gasteiger partial charge in [-0.1, -0.05) is 165 Å². The summed E-state index contributed by atoms with van der Waals surface area (Å²) in [6.45, 7) is 10.1. The number of benzene rings is 2. The van der Waals surface area contributed by atoms with Crippen molar-refractivity contribution in [3.05, 3.63) is 83.7 Å². The monoisotopic (exact) mass is 1070 g/mol. The quantitative estimate of drug-likeness (QED) is 0.0339. The number of unbranched alkanes of at least 4 members (excludes halogenated alkanes) is 19. The van der Waals surface area contributed by atoms with E-state index in [1.807, 2.05) is 17.0 Å². The van der Waals surface area contributed by atoms with Crippen molar-refractivity contribution in [3.63, 3.8) is 0 Å². The Morgan fingerprint density at radius 2 is 1.47 bits per heavy atom. The Labute approximate surface area is 462 Å². The number of aliphatic hydroxyl groups is 2. The molecule has 2 aromatic carbocycles. The molecule has 1 unspecified atom stereocenters. The van der Waals surface area contributed by atoms with Gasteiger partial charge in [-0.2, -0.15) is 0 Å². The van der Waals surface area contributed by atoms with Crippen molar-refractivity contribution >= 4 is 17.7 Å². The van der Waals surface area contributed by atoms with Gasteiger partial charge in [-0.15, -0.1) is 6.58 Å². The first kappa shape index (κ1) is 61.9. The van der Waals surface area contributed by atoms with Gasteiger partial charge in [0.1, 0.15) is 23.4 Å². The first-order chi connectivity index (χ1) is 37.8. The van der Waals surface area contributed by atoms with E-state index in [4.69, 9.17) is 28.9 Å². The van der Waals surface area contributed by atoms with Crippen molar-refractivity contribution in [2.24, 2.45) is 22.9 Å². The molecular weight excluding hydrogens is 974 g/mol. The number of hydrogen-bond donors (Lipinski definition) is 3. The minimum absolute atomic E-state index is 0.0183. The molecular formula is C64H98FN3O9. The molecule has 0 spiro atoms. The first-order valence-electron chi connectivity index (χ1n) is 30.6. The lowest BCUT2D eigenvalue weighted by atomic mass is 9.55. The van der Waals surface area contributed by atoms with Crippen LogP contribution >= 0.6 is 0 Å². The molecule has 1 saturated carbocycles. The number of ether oxygens (including phenoxy) is 4. The Balaban J connectivity index is 1.39. The predicted octanol–water partition coefficient (Wildman–Crippen LogP) is 14.9. The van der Waals surface area contributed by atoms with E-state index in [0.717, 1.165) is 100 Å². The SMILES string of the molecule is C=CCO[C@@]12Oc3ccc(OC(=O)NCCCCCCCCCCCC)cc3[C@H]3[C@H](CCCCO)[C@@H](CCCCO)C=C(C(=NOC4CCCCO4)C[C@@H]1N(Cc1ccc(F)cc1)C(=O)CCCCCCCCCCC)[C@H]32. The highest BCUT2D eigenvalue weighted by Crippen LogP contribution is 2.62. The van der Waals surface area contributed by atoms with Crippen molar-refractivity contribution in [2.45, 2.75) is 237 Å². The number of carbonyl (C=O) groups excluding carboxylic acids is 2. The summed E-state index contributed by atoms with van der Waals surface area (Å²) in [6, 6.07) is 11.2. The average molecular weight is 1070 g/mol. The third-order valence-electron chi connectivity index (χ3n) is 16.5. The Morgan fingerprint density at radius 3 is 2.10 bits per heavy atom. The van der Waals surface area contributed by atoms with Gasteiger partial charge >= 0.3 is 6.09 Å². The van der Waals surface area contributed by atoms with Crippen LogP contribution in [0.2, 0.25) is 0 Å². The van der Waals surface area contributed by atoms with Crippen LogP contribution in [0.3, 0.4) is 0 Å². The van der Waals surface area contributed by atoms with Crippen LogP contribution in [-0.2, 0) is 25.7 Å². The van der Waals surface area contributed by atoms with Crippen LogP contribution in [0.4, 0.5) is 9.18 Å². The molecule has 0 aromatic heterocycles. The summed E-state index contributed by atoms with van der Waals surface area (Å²) in [4.78, 5) is 37.1. The number of nitrogens with one attached hydrogen (secondary N) is 1. The van der Waals surface area contributed by atoms with Crippen LogP contribution in [0, 0.1) is 23.6 Å². The molecule has 2 heterocycles. The average Bonchev–Trinajstić information content (AvgIpc) is 3.62. The summed E-state index contributed by atoms with van der Waals surface area (Å²) in [5.41, 5.74) is 3.23. The lowest BCUT2D eigenvalue weighted by Crippen LogP contribution is -2.70. The molecule has 2 aliphatic carbocycles. The summed E-state index contributed by atoms with van der Waals surface area (Å²) in [6.07, 6.45) is 32.7. The summed E-state index contributed by atoms with van der Waals surface area (Å²) in [5.74, 6) is -1.78. The van der Waals surface area contributed by atoms with Gasteiger partial charge in [0.25, 0.3) is 0 Å². The van der Waals surface area contributed by atoms with Crippen molar-refractivity contribution in [3.8, 4) is 11.5 Å². The molecule has 1 saturated heterocycles. The molecule has 3 N–H and O–H groups in total. The fourth-order valence-corrected chi connectivity index (χ4v) is 12.5. The molecule has 77 heavy (non-hydrogen) atoms. The van der Waals surface area contributed by atoms with E-state index in [1.54, 1.807) is 24.3 Å². The van der Waals surface area contributed by atoms with Gasteiger partial charge < -0.3 is 44.2 Å². The van der Waals surface area contributed by atoms with Crippen molar-refractivity contribution < 1.29 is 48.0 Å². The van der Waals surface area contributed by atoms with Gasteiger partial charge in [0.15, 0.2) is 0 Å². The Hall–Kier alpha value is -4.30. The number of rotatable bonds is 38. The zero-order valence-electron chi connectivity index (χ0n) is 47.3. The third kappa shape index (κ3) is 18.9. The first-order valence-corrected chi connectivity index (χ1v) is 30.6. The maximum absolute atomic E-state index is 15.3. The highest BCUT2D eigenvalue weighted by molar-refractivity contribution is 6.03. The zero-order chi connectivity index (χ0) is 54.5. The van der Waals surface area contributed by atoms with Crippen molar-refractivity contribution in [1.82, 2.24) is 10.2 Å². The third-order valence-corrected chi connectivity index (χ3v) is 16.5. The van der Waals surface area contributed by atoms with E-state index >= 15 is 4.79 Å². The van der Waals surface area contributed by atoms with E-state index < -0.39 is 30.1 Å². The van der Waals surface area contributed by atoms with Gasteiger partial charge in [0.05, 0.1) is 24.8 Å². The second-order valence-electron chi connectivity index (χ2n) is 22.4. The summed E-state index contributed by atoms with van der Waals surface area (Å²) >= 11 is 0. The van der Waals surface area contributed by atoms with Crippen molar-refractivity contribution in [2.75, 3.05) is 33.0 Å². The topological polar surface area (TPSA) is 148 Å². The molecule has 7 atom stereocenters. The van der Waals surface area contributed by atoms with E-state index in [0.29, 0.717) is 56.0 Å². The standard InChI is InChI=1S/C64H98FN3O9/c1-4-7-9-11-13-15-17-19-21-26-40-66-63(72)75-52-38-39-57-55(46-52)61-53(31-24-28-42-70)50(30-23-27-41-69)45-54-56(67-77-60-33-25-29-44-73-60)47-58(64(76-57,62(54)61)74-43-6-3)68(48-49-34-36-51(65)37-35-49)59(71)32-22-20-18-16-14-12-10-8-5-2/h6,34-39,45-46,50,53,58,60-62,69-70H,3-5,7-33,40-44,47-48H2,1-2H3,(H,66,72)/t50-,53+,58-,60?,61+,62+,64+/m0/s1. The second kappa shape index (κ2) is 34.7. The van der Waals surface area contributed by atoms with Crippen LogP contribution in [0.25, 0.3) is 0 Å². The largest absolute Gasteiger partial charge is 0.459 e. The fraction of sp³-hybridized carbons (Fsp3) is 0.703. The van der Waals surface area contributed by atoms with Crippen LogP contribution < -0.4 is 14.8 Å². The Bertz CT molecular complexity index is 2090. The minimum atomic E-state index is -1.48. The number of nitrogens with zero attached hydrogens (tertiary/aromatic N) is 2. The molecule has 12 nitrogen and oxygen atoms in total. The Morgan fingerprint density at radius 1 is 0.818 bits per heavy atom. The van der Waals surface area contributed by atoms with E-state index in [2.05, 4.69) is 31.8 Å². The molecule has 0 bridgehead atoms. The maximum Gasteiger partial charge on any atom is 0.412 e. The van der Waals surface area contributed by atoms with E-state index in [1.165, 1.54) is 89.2 Å². The number of aliphatic hydroxyl groups excluding tert-OH is 2. The van der Waals surface area contributed by atoms with E-state index in [9.17, 15) is 19.4 Å². The maximum atomic E-state index is 15.3. The van der Waals surface area contributed by atoms with Crippen LogP contribution in [0.15, 0.2) is 71.9 Å². The summed E-state index contributed by atoms with van der Waals surface area (Å²) < 4.78 is 41.5. The molecule has 2 aromatic rings. The summed E-state index contributed by atoms with van der Waals surface area (Å²) in [5, 5.41) is 28.2. The normalized spacial score (nSPS) is 23.1. The van der Waals surface area contributed by atoms with Crippen LogP contribution in [0.1, 0.15) is 224 Å². The zero-order valence-corrected chi connectivity index (χ0v) is 47.3. The van der Waals surface area contributed by atoms with E-state index in [-0.39, 0.29) is 62.3 Å². The lowest BCUT2D eigenvalue weighted by Gasteiger charge is -2.60. The number of amides is 2. The fourth-order valence-electron chi connectivity index (χ4n) is 12.5. The lowest BCUT2D eigenvalue weighted by molar-refractivity contribution is -0.258. The van der Waals surface area contributed by atoms with Gasteiger partial charge in [-0.05, 0) is 105 Å². The van der Waals surface area contributed by atoms with Gasteiger partial charge in [0.2, 0.25) is 18.0 Å². The molecule has 430 valence electrons. The smallest absolute Gasteiger partial charge is 0.412 e. The molecule has 2 amide bonds. The van der Waals surface area contributed by atoms with Crippen molar-refractivity contribution in [1.29, 1.82) is 0 Å². The molecule has 13 heteroatoms. The number of allylic oxidation sites excluding steroid dienone is 1. The predicted molar refractivity (Wildman–Crippen MR) is 304 cm³/mol. The molecule has 0 radical (unpaired) electrons. The van der Waals surface area contributed by atoms with Gasteiger partial charge in [0, 0.05) is 57.0 Å². The number of carbonyl (C=O) groups is 2. The number of fused-ring (bicyclic) bond motifs is 2. The van der Waals surface area contributed by atoms with Gasteiger partial charge in [-0.3, -0.25) is 4.79 Å². The second-order valence-corrected chi connectivity index (χ2v) is 22.4. The number of oxime groups is 1. The van der Waals surface area contributed by atoms with Crippen LogP contribution in [0.5, 0.6) is 11.5 Å². The summed E-state index contributed by atoms with van der Waals surface area (Å²) in [7, 11) is 0. The number of halogens is 1. The molecule has 6 rings (SSSR count). The van der Waals surface area contributed by atoms with Gasteiger partial charge in [-0.25, -0.2) is 9.18 Å².